The first-order chi connectivity index (χ1) is 8.89. The summed E-state index contributed by atoms with van der Waals surface area (Å²) in [5.74, 6) is 0.203. The molecule has 0 saturated heterocycles. The molecule has 2 aliphatic heterocycles. The Bertz CT molecular complexity index is 547. The van der Waals surface area contributed by atoms with E-state index in [2.05, 4.69) is 0 Å². The highest BCUT2D eigenvalue weighted by atomic mass is 16.6. The first-order valence-electron chi connectivity index (χ1n) is 6.62. The Morgan fingerprint density at radius 1 is 1.37 bits per heavy atom. The Kier molecular flexibility index (Phi) is 2.61. The largest absolute Gasteiger partial charge is 0.488 e. The van der Waals surface area contributed by atoms with Crippen LogP contribution >= 0.6 is 0 Å². The molecule has 0 spiro atoms. The predicted octanol–water partition coefficient (Wildman–Crippen LogP) is 2.44. The smallest absolute Gasteiger partial charge is 0.340 e. The van der Waals surface area contributed by atoms with Crippen molar-refractivity contribution in [1.82, 2.24) is 0 Å². The summed E-state index contributed by atoms with van der Waals surface area (Å²) >= 11 is 0. The van der Waals surface area contributed by atoms with Crippen molar-refractivity contribution < 1.29 is 19.4 Å². The second-order valence-corrected chi connectivity index (χ2v) is 5.89. The maximum absolute atomic E-state index is 11.7. The molecule has 4 nitrogen and oxygen atoms in total. The Morgan fingerprint density at radius 2 is 2.11 bits per heavy atom. The Balaban J connectivity index is 2.15. The van der Waals surface area contributed by atoms with Crippen LogP contribution in [-0.2, 0) is 16.0 Å². The molecule has 0 radical (unpaired) electrons. The van der Waals surface area contributed by atoms with Gasteiger partial charge in [-0.3, -0.25) is 0 Å². The minimum Gasteiger partial charge on any atom is -0.488 e. The molecule has 3 rings (SSSR count). The van der Waals surface area contributed by atoms with Gasteiger partial charge in [0.05, 0.1) is 0 Å². The van der Waals surface area contributed by atoms with Crippen molar-refractivity contribution in [1.29, 1.82) is 0 Å². The summed E-state index contributed by atoms with van der Waals surface area (Å²) in [4.78, 5) is 11.7. The highest BCUT2D eigenvalue weighted by Crippen LogP contribution is 2.43. The average molecular weight is 262 g/mol. The van der Waals surface area contributed by atoms with Gasteiger partial charge in [0.1, 0.15) is 17.5 Å². The SMILES string of the molecule is CC1OC(=O)C(O)c2c1ccc1c2CCC(C)(C)O1. The molecule has 2 unspecified atom stereocenters. The van der Waals surface area contributed by atoms with Crippen molar-refractivity contribution in [2.24, 2.45) is 0 Å². The Morgan fingerprint density at radius 3 is 2.84 bits per heavy atom. The number of aliphatic hydroxyl groups excluding tert-OH is 1. The van der Waals surface area contributed by atoms with Gasteiger partial charge < -0.3 is 14.6 Å². The van der Waals surface area contributed by atoms with Crippen LogP contribution in [0.5, 0.6) is 5.75 Å². The van der Waals surface area contributed by atoms with Gasteiger partial charge in [0.25, 0.3) is 0 Å². The van der Waals surface area contributed by atoms with E-state index in [1.54, 1.807) is 0 Å². The van der Waals surface area contributed by atoms with Crippen LogP contribution < -0.4 is 4.74 Å². The van der Waals surface area contributed by atoms with Crippen LogP contribution in [0.4, 0.5) is 0 Å². The van der Waals surface area contributed by atoms with Gasteiger partial charge >= 0.3 is 5.97 Å². The number of carbonyl (C=O) groups is 1. The van der Waals surface area contributed by atoms with Crippen molar-refractivity contribution in [3.05, 3.63) is 28.8 Å². The van der Waals surface area contributed by atoms with Crippen LogP contribution in [-0.4, -0.2) is 16.7 Å². The van der Waals surface area contributed by atoms with E-state index in [1.165, 1.54) is 0 Å². The van der Waals surface area contributed by atoms with Gasteiger partial charge in [0.15, 0.2) is 6.10 Å². The number of rotatable bonds is 0. The maximum Gasteiger partial charge on any atom is 0.340 e. The molecule has 0 saturated carbocycles. The number of cyclic esters (lactones) is 1. The molecule has 19 heavy (non-hydrogen) atoms. The summed E-state index contributed by atoms with van der Waals surface area (Å²) in [5.41, 5.74) is 2.33. The molecule has 1 aromatic carbocycles. The van der Waals surface area contributed by atoms with Crippen molar-refractivity contribution in [2.75, 3.05) is 0 Å². The number of benzene rings is 1. The lowest BCUT2D eigenvalue weighted by Crippen LogP contribution is -2.35. The van der Waals surface area contributed by atoms with Crippen LogP contribution in [0, 0.1) is 0 Å². The molecule has 0 bridgehead atoms. The fraction of sp³-hybridized carbons (Fsp3) is 0.533. The molecule has 0 aromatic heterocycles. The Labute approximate surface area is 112 Å². The summed E-state index contributed by atoms with van der Waals surface area (Å²) in [6.07, 6.45) is 0.173. The van der Waals surface area contributed by atoms with E-state index in [-0.39, 0.29) is 11.7 Å². The summed E-state index contributed by atoms with van der Waals surface area (Å²) in [6, 6.07) is 3.80. The number of esters is 1. The van der Waals surface area contributed by atoms with Gasteiger partial charge in [-0.1, -0.05) is 6.07 Å². The van der Waals surface area contributed by atoms with E-state index >= 15 is 0 Å². The normalized spacial score (nSPS) is 27.9. The van der Waals surface area contributed by atoms with Gasteiger partial charge in [-0.05, 0) is 45.2 Å². The summed E-state index contributed by atoms with van der Waals surface area (Å²) < 4.78 is 11.1. The van der Waals surface area contributed by atoms with E-state index in [9.17, 15) is 9.90 Å². The van der Waals surface area contributed by atoms with E-state index in [0.717, 1.165) is 29.7 Å². The van der Waals surface area contributed by atoms with Crippen LogP contribution in [0.2, 0.25) is 0 Å². The molecule has 0 aliphatic carbocycles. The van der Waals surface area contributed by atoms with Crippen molar-refractivity contribution in [3.63, 3.8) is 0 Å². The molecular formula is C15H18O4. The minimum atomic E-state index is -1.19. The molecule has 2 atom stereocenters. The van der Waals surface area contributed by atoms with E-state index in [4.69, 9.17) is 9.47 Å². The zero-order valence-corrected chi connectivity index (χ0v) is 11.4. The first-order valence-corrected chi connectivity index (χ1v) is 6.62. The lowest BCUT2D eigenvalue weighted by atomic mass is 9.85. The quantitative estimate of drug-likeness (QED) is 0.730. The molecule has 4 heteroatoms. The molecule has 102 valence electrons. The van der Waals surface area contributed by atoms with Gasteiger partial charge in [-0.15, -0.1) is 0 Å². The topological polar surface area (TPSA) is 55.8 Å². The van der Waals surface area contributed by atoms with Gasteiger partial charge in [0, 0.05) is 11.1 Å². The third-order valence-electron chi connectivity index (χ3n) is 3.94. The third-order valence-corrected chi connectivity index (χ3v) is 3.94. The molecule has 0 fully saturated rings. The first kappa shape index (κ1) is 12.5. The third kappa shape index (κ3) is 1.91. The zero-order valence-electron chi connectivity index (χ0n) is 11.4. The van der Waals surface area contributed by atoms with E-state index in [1.807, 2.05) is 32.9 Å². The number of hydrogen-bond donors (Lipinski definition) is 1. The summed E-state index contributed by atoms with van der Waals surface area (Å²) in [6.45, 7) is 5.91. The van der Waals surface area contributed by atoms with Gasteiger partial charge in [0.2, 0.25) is 0 Å². The zero-order chi connectivity index (χ0) is 13.8. The maximum atomic E-state index is 11.7. The Hall–Kier alpha value is -1.55. The lowest BCUT2D eigenvalue weighted by Gasteiger charge is -2.36. The minimum absolute atomic E-state index is 0.201. The van der Waals surface area contributed by atoms with Crippen LogP contribution in [0.15, 0.2) is 12.1 Å². The average Bonchev–Trinajstić information content (AvgIpc) is 2.33. The predicted molar refractivity (Wildman–Crippen MR) is 68.9 cm³/mol. The van der Waals surface area contributed by atoms with E-state index in [0.29, 0.717) is 5.56 Å². The molecule has 1 N–H and O–H groups in total. The highest BCUT2D eigenvalue weighted by Gasteiger charge is 2.37. The van der Waals surface area contributed by atoms with E-state index < -0.39 is 12.1 Å². The van der Waals surface area contributed by atoms with Crippen LogP contribution in [0.1, 0.15) is 56.1 Å². The summed E-state index contributed by atoms with van der Waals surface area (Å²) in [7, 11) is 0. The van der Waals surface area contributed by atoms with Crippen molar-refractivity contribution >= 4 is 5.97 Å². The molecule has 1 aromatic rings. The highest BCUT2D eigenvalue weighted by molar-refractivity contribution is 5.80. The van der Waals surface area contributed by atoms with Crippen LogP contribution in [0.25, 0.3) is 0 Å². The van der Waals surface area contributed by atoms with Crippen LogP contribution in [0.3, 0.4) is 0 Å². The number of ether oxygens (including phenoxy) is 2. The second-order valence-electron chi connectivity index (χ2n) is 5.89. The fourth-order valence-corrected chi connectivity index (χ4v) is 2.89. The lowest BCUT2D eigenvalue weighted by molar-refractivity contribution is -0.162. The fourth-order valence-electron chi connectivity index (χ4n) is 2.89. The molecular weight excluding hydrogens is 244 g/mol. The van der Waals surface area contributed by atoms with Gasteiger partial charge in [-0.25, -0.2) is 4.79 Å². The monoisotopic (exact) mass is 262 g/mol. The standard InChI is InChI=1S/C15H18O4/c1-8-9-4-5-11-10(6-7-15(2,3)19-11)12(9)13(16)14(17)18-8/h4-5,8,13,16H,6-7H2,1-3H3. The van der Waals surface area contributed by atoms with Gasteiger partial charge in [-0.2, -0.15) is 0 Å². The van der Waals surface area contributed by atoms with Crippen molar-refractivity contribution in [3.8, 4) is 5.75 Å². The molecule has 0 amide bonds. The number of fused-ring (bicyclic) bond motifs is 3. The second kappa shape index (κ2) is 3.97. The number of hydrogen-bond acceptors (Lipinski definition) is 4. The number of aliphatic hydroxyl groups is 1. The van der Waals surface area contributed by atoms with Crippen molar-refractivity contribution in [2.45, 2.75) is 51.4 Å². The molecule has 2 aliphatic rings. The molecule has 2 heterocycles. The summed E-state index contributed by atoms with van der Waals surface area (Å²) in [5, 5.41) is 10.1. The number of carbonyl (C=O) groups excluding carboxylic acids is 1.